The van der Waals surface area contributed by atoms with Crippen molar-refractivity contribution in [3.05, 3.63) is 102 Å². The van der Waals surface area contributed by atoms with Crippen LogP contribution in [0.25, 0.3) is 0 Å². The Kier molecular flexibility index (Phi) is 7.09. The van der Waals surface area contributed by atoms with Gasteiger partial charge in [-0.1, -0.05) is 60.7 Å². The first-order chi connectivity index (χ1) is 16.3. The minimum Gasteiger partial charge on any atom is -0.336 e. The number of benzene rings is 3. The van der Waals surface area contributed by atoms with Crippen LogP contribution in [0.15, 0.2) is 89.8 Å². The third-order valence-electron chi connectivity index (χ3n) is 6.03. The quantitative estimate of drug-likeness (QED) is 0.589. The van der Waals surface area contributed by atoms with Crippen molar-refractivity contribution in [3.8, 4) is 0 Å². The van der Waals surface area contributed by atoms with Gasteiger partial charge in [0.25, 0.3) is 5.91 Å². The number of rotatable bonds is 6. The molecule has 0 spiro atoms. The Bertz CT molecular complexity index is 1250. The lowest BCUT2D eigenvalue weighted by atomic mass is 10.00. The predicted octanol–water partition coefficient (Wildman–Crippen LogP) is 2.47. The van der Waals surface area contributed by atoms with Crippen LogP contribution in [0.1, 0.15) is 21.5 Å². The Morgan fingerprint density at radius 2 is 1.41 bits per heavy atom. The molecule has 1 heterocycles. The number of carbonyl (C=O) groups is 2. The number of nitrogens with zero attached hydrogens (tertiary/aromatic N) is 2. The van der Waals surface area contributed by atoms with Crippen LogP contribution in [0.5, 0.6) is 0 Å². The second-order valence-electron chi connectivity index (χ2n) is 8.41. The second kappa shape index (κ2) is 10.2. The molecule has 2 amide bonds. The van der Waals surface area contributed by atoms with Crippen molar-refractivity contribution in [2.45, 2.75) is 23.8 Å². The molecule has 3 aromatic carbocycles. The van der Waals surface area contributed by atoms with Gasteiger partial charge in [-0.3, -0.25) is 9.59 Å². The lowest BCUT2D eigenvalue weighted by Crippen LogP contribution is -2.57. The van der Waals surface area contributed by atoms with Crippen molar-refractivity contribution in [2.75, 3.05) is 19.6 Å². The van der Waals surface area contributed by atoms with Gasteiger partial charge >= 0.3 is 0 Å². The van der Waals surface area contributed by atoms with Gasteiger partial charge in [-0.2, -0.15) is 0 Å². The topological polar surface area (TPSA) is 101 Å². The Morgan fingerprint density at radius 3 is 2.00 bits per heavy atom. The normalized spacial score (nSPS) is 16.3. The molecule has 1 fully saturated rings. The Labute approximate surface area is 199 Å². The van der Waals surface area contributed by atoms with Crippen molar-refractivity contribution in [1.82, 2.24) is 9.80 Å². The van der Waals surface area contributed by atoms with Gasteiger partial charge in [-0.25, -0.2) is 13.6 Å². The van der Waals surface area contributed by atoms with Crippen molar-refractivity contribution < 1.29 is 18.0 Å². The van der Waals surface area contributed by atoms with Crippen molar-refractivity contribution >= 4 is 21.8 Å². The van der Waals surface area contributed by atoms with Crippen LogP contribution in [0.3, 0.4) is 0 Å². The Hall–Kier alpha value is -3.49. The fourth-order valence-corrected chi connectivity index (χ4v) is 4.79. The summed E-state index contributed by atoms with van der Waals surface area (Å²) in [5.41, 5.74) is 2.44. The fraction of sp³-hybridized carbons (Fsp3) is 0.231. The van der Waals surface area contributed by atoms with E-state index in [0.717, 1.165) is 11.1 Å². The number of sulfonamides is 1. The summed E-state index contributed by atoms with van der Waals surface area (Å²) in [5, 5.41) is 5.16. The summed E-state index contributed by atoms with van der Waals surface area (Å²) in [7, 11) is -3.83. The number of carbonyl (C=O) groups excluding carboxylic acids is 2. The molecule has 3 aromatic rings. The maximum absolute atomic E-state index is 13.2. The number of hydrogen-bond acceptors (Lipinski definition) is 4. The van der Waals surface area contributed by atoms with E-state index in [2.05, 4.69) is 0 Å². The number of primary sulfonamides is 1. The molecular formula is C26H27N3O4S. The first-order valence-electron chi connectivity index (χ1n) is 11.1. The van der Waals surface area contributed by atoms with E-state index in [1.807, 2.05) is 65.6 Å². The third kappa shape index (κ3) is 5.70. The Balaban J connectivity index is 1.52. The zero-order chi connectivity index (χ0) is 24.1. The molecule has 34 heavy (non-hydrogen) atoms. The minimum absolute atomic E-state index is 0.0386. The zero-order valence-electron chi connectivity index (χ0n) is 18.7. The van der Waals surface area contributed by atoms with Gasteiger partial charge in [0.05, 0.1) is 17.4 Å². The van der Waals surface area contributed by atoms with Crippen LogP contribution in [-0.4, -0.2) is 55.7 Å². The number of amides is 2. The lowest BCUT2D eigenvalue weighted by Gasteiger charge is -2.42. The van der Waals surface area contributed by atoms with Crippen LogP contribution >= 0.6 is 0 Å². The Morgan fingerprint density at radius 1 is 0.824 bits per heavy atom. The van der Waals surface area contributed by atoms with Crippen LogP contribution in [0.2, 0.25) is 0 Å². The van der Waals surface area contributed by atoms with E-state index in [0.29, 0.717) is 38.0 Å². The molecule has 4 rings (SSSR count). The summed E-state index contributed by atoms with van der Waals surface area (Å²) < 4.78 is 23.0. The van der Waals surface area contributed by atoms with Gasteiger partial charge in [0.2, 0.25) is 15.9 Å². The first-order valence-corrected chi connectivity index (χ1v) is 12.7. The lowest BCUT2D eigenvalue weighted by molar-refractivity contribution is -0.135. The van der Waals surface area contributed by atoms with E-state index in [-0.39, 0.29) is 22.8 Å². The van der Waals surface area contributed by atoms with E-state index in [1.165, 1.54) is 24.3 Å². The van der Waals surface area contributed by atoms with Crippen LogP contribution in [0.4, 0.5) is 0 Å². The molecule has 0 saturated carbocycles. The molecule has 0 aromatic heterocycles. The van der Waals surface area contributed by atoms with E-state index in [1.54, 1.807) is 4.90 Å². The largest absolute Gasteiger partial charge is 0.336 e. The van der Waals surface area contributed by atoms with Crippen LogP contribution < -0.4 is 5.14 Å². The van der Waals surface area contributed by atoms with E-state index in [9.17, 15) is 18.0 Å². The molecule has 0 unspecified atom stereocenters. The summed E-state index contributed by atoms with van der Waals surface area (Å²) >= 11 is 0. The minimum atomic E-state index is -3.83. The highest BCUT2D eigenvalue weighted by Gasteiger charge is 2.33. The molecule has 0 radical (unpaired) electrons. The predicted molar refractivity (Wildman–Crippen MR) is 130 cm³/mol. The molecule has 1 saturated heterocycles. The van der Waals surface area contributed by atoms with E-state index in [4.69, 9.17) is 5.14 Å². The van der Waals surface area contributed by atoms with Gasteiger partial charge in [0.15, 0.2) is 0 Å². The highest BCUT2D eigenvalue weighted by molar-refractivity contribution is 7.89. The van der Waals surface area contributed by atoms with Gasteiger partial charge in [-0.15, -0.1) is 0 Å². The average molecular weight is 478 g/mol. The highest BCUT2D eigenvalue weighted by Crippen LogP contribution is 2.20. The van der Waals surface area contributed by atoms with Crippen molar-refractivity contribution in [1.29, 1.82) is 0 Å². The molecule has 8 heteroatoms. The summed E-state index contributed by atoms with van der Waals surface area (Å²) in [6.45, 7) is 1.23. The van der Waals surface area contributed by atoms with Gasteiger partial charge in [-0.05, 0) is 41.8 Å². The van der Waals surface area contributed by atoms with Crippen molar-refractivity contribution in [3.63, 3.8) is 0 Å². The standard InChI is InChI=1S/C26H27N3O4S/c27-34(32,33)24-13-11-22(12-14-24)26(31)28-15-16-29(25(30)18-21-9-5-2-6-10-21)23(19-28)17-20-7-3-1-4-8-20/h1-14,23H,15-19H2,(H2,27,32,33)/t23-/m1/s1. The maximum atomic E-state index is 13.2. The summed E-state index contributed by atoms with van der Waals surface area (Å²) in [4.78, 5) is 29.9. The fourth-order valence-electron chi connectivity index (χ4n) is 4.27. The molecule has 176 valence electrons. The number of hydrogen-bond donors (Lipinski definition) is 1. The van der Waals surface area contributed by atoms with Gasteiger partial charge < -0.3 is 9.80 Å². The maximum Gasteiger partial charge on any atom is 0.253 e. The molecule has 7 nitrogen and oxygen atoms in total. The SMILES string of the molecule is NS(=O)(=O)c1ccc(C(=O)N2CCN(C(=O)Cc3ccccc3)[C@H](Cc3ccccc3)C2)cc1. The molecule has 0 aliphatic carbocycles. The molecule has 1 aliphatic rings. The van der Waals surface area contributed by atoms with E-state index >= 15 is 0 Å². The molecular weight excluding hydrogens is 450 g/mol. The average Bonchev–Trinajstić information content (AvgIpc) is 2.84. The molecule has 1 atom stereocenters. The zero-order valence-corrected chi connectivity index (χ0v) is 19.5. The smallest absolute Gasteiger partial charge is 0.253 e. The summed E-state index contributed by atoms with van der Waals surface area (Å²) in [6, 6.07) is 25.0. The number of nitrogens with two attached hydrogens (primary N) is 1. The molecule has 0 bridgehead atoms. The first kappa shape index (κ1) is 23.7. The van der Waals surface area contributed by atoms with Gasteiger partial charge in [0, 0.05) is 25.2 Å². The van der Waals surface area contributed by atoms with Gasteiger partial charge in [0.1, 0.15) is 0 Å². The van der Waals surface area contributed by atoms with Crippen molar-refractivity contribution in [2.24, 2.45) is 5.14 Å². The monoisotopic (exact) mass is 477 g/mol. The van der Waals surface area contributed by atoms with E-state index < -0.39 is 10.0 Å². The third-order valence-corrected chi connectivity index (χ3v) is 6.96. The molecule has 1 aliphatic heterocycles. The van der Waals surface area contributed by atoms with Crippen LogP contribution in [0, 0.1) is 0 Å². The number of piperazine rings is 1. The molecule has 2 N–H and O–H groups in total. The second-order valence-corrected chi connectivity index (χ2v) is 9.98. The highest BCUT2D eigenvalue weighted by atomic mass is 32.2. The summed E-state index contributed by atoms with van der Waals surface area (Å²) in [6.07, 6.45) is 0.949. The summed E-state index contributed by atoms with van der Waals surface area (Å²) in [5.74, 6) is -0.161. The van der Waals surface area contributed by atoms with Crippen LogP contribution in [-0.2, 0) is 27.7 Å².